The molecule has 16 heavy (non-hydrogen) atoms. The fourth-order valence-electron chi connectivity index (χ4n) is 1.80. The lowest BCUT2D eigenvalue weighted by Gasteiger charge is -2.16. The van der Waals surface area contributed by atoms with E-state index in [0.29, 0.717) is 13.1 Å². The van der Waals surface area contributed by atoms with Crippen molar-refractivity contribution in [1.29, 1.82) is 0 Å². The molecule has 5 nitrogen and oxygen atoms in total. The van der Waals surface area contributed by atoms with E-state index in [1.807, 2.05) is 13.8 Å². The molecule has 1 fully saturated rings. The van der Waals surface area contributed by atoms with Crippen molar-refractivity contribution in [2.24, 2.45) is 11.8 Å². The van der Waals surface area contributed by atoms with Gasteiger partial charge in [-0.15, -0.1) is 0 Å². The number of hydrogen-bond donors (Lipinski definition) is 3. The van der Waals surface area contributed by atoms with Crippen LogP contribution in [0.5, 0.6) is 0 Å². The SMILES string of the molecule is CC(C)CNS(=O)(=O)NCC1CCCC1O. The molecular formula is C10H22N2O3S. The van der Waals surface area contributed by atoms with Crippen molar-refractivity contribution in [2.75, 3.05) is 13.1 Å². The predicted octanol–water partition coefficient (Wildman–Crippen LogP) is 0.227. The highest BCUT2D eigenvalue weighted by Gasteiger charge is 2.26. The fraction of sp³-hybridized carbons (Fsp3) is 1.00. The summed E-state index contributed by atoms with van der Waals surface area (Å²) >= 11 is 0. The van der Waals surface area contributed by atoms with Crippen LogP contribution in [0, 0.1) is 11.8 Å². The van der Waals surface area contributed by atoms with E-state index in [1.54, 1.807) is 0 Å². The first-order valence-electron chi connectivity index (χ1n) is 5.83. The zero-order chi connectivity index (χ0) is 12.2. The third-order valence-corrected chi connectivity index (χ3v) is 3.93. The second-order valence-electron chi connectivity index (χ2n) is 4.85. The first-order chi connectivity index (χ1) is 7.41. The summed E-state index contributed by atoms with van der Waals surface area (Å²) in [6, 6.07) is 0. The maximum atomic E-state index is 11.5. The molecule has 0 aliphatic heterocycles. The maximum Gasteiger partial charge on any atom is 0.276 e. The van der Waals surface area contributed by atoms with Crippen LogP contribution >= 0.6 is 0 Å². The number of hydrogen-bond acceptors (Lipinski definition) is 3. The molecule has 0 aromatic rings. The summed E-state index contributed by atoms with van der Waals surface area (Å²) in [4.78, 5) is 0. The van der Waals surface area contributed by atoms with Gasteiger partial charge in [-0.3, -0.25) is 0 Å². The lowest BCUT2D eigenvalue weighted by molar-refractivity contribution is 0.134. The molecule has 1 aliphatic rings. The third kappa shape index (κ3) is 4.78. The minimum Gasteiger partial charge on any atom is -0.393 e. The highest BCUT2D eigenvalue weighted by atomic mass is 32.2. The van der Waals surface area contributed by atoms with Crippen LogP contribution in [0.2, 0.25) is 0 Å². The minimum atomic E-state index is -3.40. The third-order valence-electron chi connectivity index (χ3n) is 2.84. The first-order valence-corrected chi connectivity index (χ1v) is 7.31. The molecule has 0 amide bonds. The molecule has 0 radical (unpaired) electrons. The van der Waals surface area contributed by atoms with Crippen molar-refractivity contribution < 1.29 is 13.5 Å². The summed E-state index contributed by atoms with van der Waals surface area (Å²) in [6.45, 7) is 4.66. The Morgan fingerprint density at radius 1 is 1.31 bits per heavy atom. The van der Waals surface area contributed by atoms with Gasteiger partial charge in [0.2, 0.25) is 0 Å². The Balaban J connectivity index is 2.30. The van der Waals surface area contributed by atoms with Gasteiger partial charge >= 0.3 is 0 Å². The monoisotopic (exact) mass is 250 g/mol. The van der Waals surface area contributed by atoms with E-state index in [0.717, 1.165) is 19.3 Å². The summed E-state index contributed by atoms with van der Waals surface area (Å²) < 4.78 is 28.0. The Morgan fingerprint density at radius 2 is 2.00 bits per heavy atom. The smallest absolute Gasteiger partial charge is 0.276 e. The zero-order valence-electron chi connectivity index (χ0n) is 9.94. The van der Waals surface area contributed by atoms with E-state index in [-0.39, 0.29) is 17.9 Å². The molecule has 2 atom stereocenters. The Morgan fingerprint density at radius 3 is 2.50 bits per heavy atom. The van der Waals surface area contributed by atoms with Gasteiger partial charge in [-0.2, -0.15) is 8.42 Å². The van der Waals surface area contributed by atoms with Crippen molar-refractivity contribution >= 4 is 10.2 Å². The lowest BCUT2D eigenvalue weighted by Crippen LogP contribution is -2.41. The van der Waals surface area contributed by atoms with Gasteiger partial charge in [0.25, 0.3) is 10.2 Å². The highest BCUT2D eigenvalue weighted by Crippen LogP contribution is 2.24. The van der Waals surface area contributed by atoms with Crippen molar-refractivity contribution in [2.45, 2.75) is 39.2 Å². The molecule has 0 aromatic carbocycles. The van der Waals surface area contributed by atoms with Crippen LogP contribution < -0.4 is 9.44 Å². The van der Waals surface area contributed by atoms with Crippen LogP contribution in [-0.2, 0) is 10.2 Å². The van der Waals surface area contributed by atoms with Crippen LogP contribution in [0.3, 0.4) is 0 Å². The molecule has 1 saturated carbocycles. The van der Waals surface area contributed by atoms with E-state index in [1.165, 1.54) is 0 Å². The van der Waals surface area contributed by atoms with Gasteiger partial charge < -0.3 is 5.11 Å². The van der Waals surface area contributed by atoms with Gasteiger partial charge in [-0.05, 0) is 24.7 Å². The summed E-state index contributed by atoms with van der Waals surface area (Å²) in [6.07, 6.45) is 2.31. The molecule has 6 heteroatoms. The van der Waals surface area contributed by atoms with Crippen LogP contribution in [0.1, 0.15) is 33.1 Å². The second-order valence-corrected chi connectivity index (χ2v) is 6.44. The number of aliphatic hydroxyl groups is 1. The van der Waals surface area contributed by atoms with Gasteiger partial charge in [0.15, 0.2) is 0 Å². The molecule has 0 aromatic heterocycles. The average molecular weight is 250 g/mol. The Labute approximate surface area is 97.8 Å². The standard InChI is InChI=1S/C10H22N2O3S/c1-8(2)6-11-16(14,15)12-7-9-4-3-5-10(9)13/h8-13H,3-7H2,1-2H3. The first kappa shape index (κ1) is 13.9. The van der Waals surface area contributed by atoms with Crippen LogP contribution in [-0.4, -0.2) is 32.7 Å². The summed E-state index contributed by atoms with van der Waals surface area (Å²) in [5.41, 5.74) is 0. The van der Waals surface area contributed by atoms with Gasteiger partial charge in [0.1, 0.15) is 0 Å². The summed E-state index contributed by atoms with van der Waals surface area (Å²) in [5, 5.41) is 9.55. The van der Waals surface area contributed by atoms with E-state index < -0.39 is 10.2 Å². The molecule has 0 saturated heterocycles. The normalized spacial score (nSPS) is 26.5. The summed E-state index contributed by atoms with van der Waals surface area (Å²) in [5.74, 6) is 0.351. The Bertz CT molecular complexity index is 303. The van der Waals surface area contributed by atoms with Crippen LogP contribution in [0.15, 0.2) is 0 Å². The molecule has 0 spiro atoms. The van der Waals surface area contributed by atoms with E-state index in [9.17, 15) is 13.5 Å². The molecule has 1 rings (SSSR count). The maximum absolute atomic E-state index is 11.5. The van der Waals surface area contributed by atoms with E-state index in [2.05, 4.69) is 9.44 Å². The quantitative estimate of drug-likeness (QED) is 0.631. The number of rotatable bonds is 6. The average Bonchev–Trinajstić information content (AvgIpc) is 2.59. The molecule has 96 valence electrons. The zero-order valence-corrected chi connectivity index (χ0v) is 10.8. The predicted molar refractivity (Wildman–Crippen MR) is 63.1 cm³/mol. The van der Waals surface area contributed by atoms with Crippen molar-refractivity contribution in [3.05, 3.63) is 0 Å². The van der Waals surface area contributed by atoms with Crippen molar-refractivity contribution in [3.63, 3.8) is 0 Å². The largest absolute Gasteiger partial charge is 0.393 e. The minimum absolute atomic E-state index is 0.0654. The van der Waals surface area contributed by atoms with Gasteiger partial charge in [-0.25, -0.2) is 9.44 Å². The van der Waals surface area contributed by atoms with Crippen LogP contribution in [0.4, 0.5) is 0 Å². The van der Waals surface area contributed by atoms with Gasteiger partial charge in [0.05, 0.1) is 6.10 Å². The van der Waals surface area contributed by atoms with E-state index >= 15 is 0 Å². The molecule has 0 bridgehead atoms. The molecule has 1 aliphatic carbocycles. The molecule has 3 N–H and O–H groups in total. The second kappa shape index (κ2) is 5.95. The van der Waals surface area contributed by atoms with Gasteiger partial charge in [-0.1, -0.05) is 20.3 Å². The fourth-order valence-corrected chi connectivity index (χ4v) is 2.89. The van der Waals surface area contributed by atoms with Crippen LogP contribution in [0.25, 0.3) is 0 Å². The van der Waals surface area contributed by atoms with Crippen molar-refractivity contribution in [3.8, 4) is 0 Å². The summed E-state index contributed by atoms with van der Waals surface area (Å²) in [7, 11) is -3.40. The number of nitrogens with one attached hydrogen (secondary N) is 2. The van der Waals surface area contributed by atoms with Gasteiger partial charge in [0, 0.05) is 13.1 Å². The Kier molecular flexibility index (Phi) is 5.17. The molecule has 2 unspecified atom stereocenters. The highest BCUT2D eigenvalue weighted by molar-refractivity contribution is 7.87. The lowest BCUT2D eigenvalue weighted by atomic mass is 10.1. The van der Waals surface area contributed by atoms with Crippen molar-refractivity contribution in [1.82, 2.24) is 9.44 Å². The number of aliphatic hydroxyl groups excluding tert-OH is 1. The molecule has 0 heterocycles. The Hall–Kier alpha value is -0.170. The van der Waals surface area contributed by atoms with E-state index in [4.69, 9.17) is 0 Å². The molecular weight excluding hydrogens is 228 g/mol. The topological polar surface area (TPSA) is 78.4 Å².